The number of hydrogen-bond donors (Lipinski definition) is 0. The number of rotatable bonds is 7. The van der Waals surface area contributed by atoms with E-state index in [0.29, 0.717) is 0 Å². The van der Waals surface area contributed by atoms with Crippen LogP contribution in [-0.4, -0.2) is 85.5 Å². The van der Waals surface area contributed by atoms with Crippen LogP contribution in [0.2, 0.25) is 0 Å². The summed E-state index contributed by atoms with van der Waals surface area (Å²) in [4.78, 5) is 32.1. The number of unbranched alkanes of at least 4 members (excludes halogenated alkanes) is 1. The third-order valence-corrected chi connectivity index (χ3v) is 6.47. The number of ether oxygens (including phenoxy) is 1. The molecule has 2 heterocycles. The van der Waals surface area contributed by atoms with Gasteiger partial charge in [-0.2, -0.15) is 0 Å². The van der Waals surface area contributed by atoms with E-state index in [2.05, 4.69) is 4.90 Å². The predicted molar refractivity (Wildman–Crippen MR) is 105 cm³/mol. The first kappa shape index (κ1) is 20.6. The summed E-state index contributed by atoms with van der Waals surface area (Å²) in [6.45, 7) is 6.35. The molecule has 3 rings (SSSR count). The van der Waals surface area contributed by atoms with E-state index < -0.39 is 0 Å². The van der Waals surface area contributed by atoms with Crippen LogP contribution >= 0.6 is 0 Å². The van der Waals surface area contributed by atoms with Crippen molar-refractivity contribution >= 4 is 11.8 Å². The van der Waals surface area contributed by atoms with Crippen LogP contribution in [0.1, 0.15) is 57.8 Å². The minimum Gasteiger partial charge on any atom is -0.379 e. The van der Waals surface area contributed by atoms with Gasteiger partial charge in [0.1, 0.15) is 6.04 Å². The molecule has 2 amide bonds. The van der Waals surface area contributed by atoms with Gasteiger partial charge >= 0.3 is 0 Å². The van der Waals surface area contributed by atoms with Gasteiger partial charge in [0.15, 0.2) is 0 Å². The molecular formula is C21H37N3O3. The Morgan fingerprint density at radius 1 is 0.963 bits per heavy atom. The lowest BCUT2D eigenvalue weighted by Gasteiger charge is -2.32. The highest BCUT2D eigenvalue weighted by molar-refractivity contribution is 5.89. The van der Waals surface area contributed by atoms with Crippen LogP contribution in [0.5, 0.6) is 0 Å². The van der Waals surface area contributed by atoms with Crippen LogP contribution in [0.3, 0.4) is 0 Å². The summed E-state index contributed by atoms with van der Waals surface area (Å²) in [7, 11) is 1.90. The Labute approximate surface area is 164 Å². The number of carbonyl (C=O) groups is 2. The number of amides is 2. The molecule has 27 heavy (non-hydrogen) atoms. The molecule has 3 fully saturated rings. The highest BCUT2D eigenvalue weighted by atomic mass is 16.5. The minimum absolute atomic E-state index is 0.142. The summed E-state index contributed by atoms with van der Waals surface area (Å²) in [6, 6.07) is -0.219. The van der Waals surface area contributed by atoms with Crippen molar-refractivity contribution in [1.82, 2.24) is 14.7 Å². The number of nitrogens with zero attached hydrogens (tertiary/aromatic N) is 3. The first-order valence-electron chi connectivity index (χ1n) is 11.0. The van der Waals surface area contributed by atoms with E-state index in [0.717, 1.165) is 97.3 Å². The molecule has 0 spiro atoms. The zero-order valence-electron chi connectivity index (χ0n) is 17.0. The van der Waals surface area contributed by atoms with Gasteiger partial charge in [-0.1, -0.05) is 19.3 Å². The van der Waals surface area contributed by atoms with E-state index in [1.54, 1.807) is 0 Å². The van der Waals surface area contributed by atoms with Gasteiger partial charge in [0.25, 0.3) is 0 Å². The largest absolute Gasteiger partial charge is 0.379 e. The Kier molecular flexibility index (Phi) is 7.94. The van der Waals surface area contributed by atoms with E-state index >= 15 is 0 Å². The molecule has 6 nitrogen and oxygen atoms in total. The Hall–Kier alpha value is -1.14. The summed E-state index contributed by atoms with van der Waals surface area (Å²) in [5, 5.41) is 0. The topological polar surface area (TPSA) is 53.1 Å². The van der Waals surface area contributed by atoms with Crippen LogP contribution in [0.15, 0.2) is 0 Å². The highest BCUT2D eigenvalue weighted by Crippen LogP contribution is 2.29. The van der Waals surface area contributed by atoms with E-state index in [-0.39, 0.29) is 23.8 Å². The maximum Gasteiger partial charge on any atom is 0.245 e. The second kappa shape index (κ2) is 10.4. The maximum absolute atomic E-state index is 12.9. The molecule has 1 aliphatic carbocycles. The van der Waals surface area contributed by atoms with Crippen molar-refractivity contribution in [3.05, 3.63) is 0 Å². The van der Waals surface area contributed by atoms with Crippen LogP contribution in [-0.2, 0) is 14.3 Å². The van der Waals surface area contributed by atoms with Gasteiger partial charge in [0, 0.05) is 39.1 Å². The second-order valence-electron chi connectivity index (χ2n) is 8.45. The normalized spacial score (nSPS) is 24.9. The minimum atomic E-state index is -0.219. The van der Waals surface area contributed by atoms with Crippen LogP contribution < -0.4 is 0 Å². The molecule has 154 valence electrons. The first-order valence-corrected chi connectivity index (χ1v) is 11.0. The van der Waals surface area contributed by atoms with E-state index in [1.807, 2.05) is 16.8 Å². The average molecular weight is 380 g/mol. The molecule has 2 aliphatic heterocycles. The molecule has 1 unspecified atom stereocenters. The van der Waals surface area contributed by atoms with Crippen molar-refractivity contribution in [2.24, 2.45) is 5.92 Å². The SMILES string of the molecule is CN(CCCCN1CCOCC1)C(=O)C1CCCN1C(=O)C1CCCCC1. The number of likely N-dealkylation sites (tertiary alicyclic amines) is 1. The molecule has 0 aromatic rings. The fourth-order valence-electron chi connectivity index (χ4n) is 4.75. The number of hydrogen-bond acceptors (Lipinski definition) is 4. The summed E-state index contributed by atoms with van der Waals surface area (Å²) in [5.41, 5.74) is 0. The van der Waals surface area contributed by atoms with Crippen molar-refractivity contribution < 1.29 is 14.3 Å². The van der Waals surface area contributed by atoms with Crippen molar-refractivity contribution in [3.63, 3.8) is 0 Å². The van der Waals surface area contributed by atoms with Crippen molar-refractivity contribution in [1.29, 1.82) is 0 Å². The molecule has 1 atom stereocenters. The van der Waals surface area contributed by atoms with Gasteiger partial charge in [0.2, 0.25) is 11.8 Å². The van der Waals surface area contributed by atoms with Crippen LogP contribution in [0.4, 0.5) is 0 Å². The summed E-state index contributed by atoms with van der Waals surface area (Å²) in [5.74, 6) is 0.542. The highest BCUT2D eigenvalue weighted by Gasteiger charge is 2.38. The molecule has 0 bridgehead atoms. The van der Waals surface area contributed by atoms with Gasteiger partial charge in [-0.15, -0.1) is 0 Å². The van der Waals surface area contributed by atoms with Crippen molar-refractivity contribution in [2.45, 2.75) is 63.8 Å². The maximum atomic E-state index is 12.9. The molecule has 0 radical (unpaired) electrons. The Morgan fingerprint density at radius 2 is 1.70 bits per heavy atom. The first-order chi connectivity index (χ1) is 13.2. The number of morpholine rings is 1. The fourth-order valence-corrected chi connectivity index (χ4v) is 4.75. The average Bonchev–Trinajstić information content (AvgIpc) is 3.21. The Morgan fingerprint density at radius 3 is 2.44 bits per heavy atom. The van der Waals surface area contributed by atoms with E-state index in [1.165, 1.54) is 6.42 Å². The third-order valence-electron chi connectivity index (χ3n) is 6.47. The zero-order chi connectivity index (χ0) is 19.1. The Balaban J connectivity index is 1.41. The summed E-state index contributed by atoms with van der Waals surface area (Å²) in [6.07, 6.45) is 9.49. The third kappa shape index (κ3) is 5.67. The summed E-state index contributed by atoms with van der Waals surface area (Å²) < 4.78 is 5.38. The van der Waals surface area contributed by atoms with Gasteiger partial charge in [-0.3, -0.25) is 14.5 Å². The lowest BCUT2D eigenvalue weighted by molar-refractivity contribution is -0.146. The monoisotopic (exact) mass is 379 g/mol. The molecule has 0 N–H and O–H groups in total. The summed E-state index contributed by atoms with van der Waals surface area (Å²) >= 11 is 0. The molecule has 1 saturated carbocycles. The lowest BCUT2D eigenvalue weighted by atomic mass is 9.88. The predicted octanol–water partition coefficient (Wildman–Crippen LogP) is 2.13. The van der Waals surface area contributed by atoms with Gasteiger partial charge in [-0.25, -0.2) is 0 Å². The van der Waals surface area contributed by atoms with Crippen LogP contribution in [0, 0.1) is 5.92 Å². The second-order valence-corrected chi connectivity index (χ2v) is 8.45. The van der Waals surface area contributed by atoms with E-state index in [4.69, 9.17) is 4.74 Å². The lowest BCUT2D eigenvalue weighted by Crippen LogP contribution is -2.48. The van der Waals surface area contributed by atoms with Crippen molar-refractivity contribution in [2.75, 3.05) is 53.0 Å². The fraction of sp³-hybridized carbons (Fsp3) is 0.905. The standard InChI is InChI=1S/C21H37N3O3/c1-22(11-5-6-12-23-14-16-27-17-15-23)21(26)19-10-7-13-24(19)20(25)18-8-3-2-4-9-18/h18-19H,2-17H2,1H3. The molecule has 0 aromatic carbocycles. The van der Waals surface area contributed by atoms with Gasteiger partial charge < -0.3 is 14.5 Å². The van der Waals surface area contributed by atoms with E-state index in [9.17, 15) is 9.59 Å². The molecular weight excluding hydrogens is 342 g/mol. The molecule has 3 aliphatic rings. The quantitative estimate of drug-likeness (QED) is 0.636. The van der Waals surface area contributed by atoms with Gasteiger partial charge in [-0.05, 0) is 45.1 Å². The zero-order valence-corrected chi connectivity index (χ0v) is 17.0. The Bertz CT molecular complexity index is 487. The molecule has 0 aromatic heterocycles. The van der Waals surface area contributed by atoms with Crippen LogP contribution in [0.25, 0.3) is 0 Å². The van der Waals surface area contributed by atoms with Gasteiger partial charge in [0.05, 0.1) is 13.2 Å². The smallest absolute Gasteiger partial charge is 0.245 e. The molecule has 2 saturated heterocycles. The number of likely N-dealkylation sites (N-methyl/N-ethyl adjacent to an activating group) is 1. The number of carbonyl (C=O) groups excluding carboxylic acids is 2. The molecule has 6 heteroatoms. The van der Waals surface area contributed by atoms with Crippen molar-refractivity contribution in [3.8, 4) is 0 Å².